The minimum atomic E-state index is -0.958. The van der Waals surface area contributed by atoms with Gasteiger partial charge in [-0.25, -0.2) is 0 Å². The number of hydrogen-bond donors (Lipinski definition) is 2. The molecule has 6 heteroatoms. The molecule has 1 aliphatic rings. The van der Waals surface area contributed by atoms with Gasteiger partial charge in [0.2, 0.25) is 0 Å². The Balaban J connectivity index is 1.77. The van der Waals surface area contributed by atoms with Gasteiger partial charge in [0.25, 0.3) is 5.91 Å². The van der Waals surface area contributed by atoms with Gasteiger partial charge in [0, 0.05) is 19.6 Å². The fourth-order valence-electron chi connectivity index (χ4n) is 1.93. The molecule has 2 rings (SSSR count). The number of methoxy groups -OCH3 is 1. The summed E-state index contributed by atoms with van der Waals surface area (Å²) in [7, 11) is 1.54. The molecule has 20 heavy (non-hydrogen) atoms. The Morgan fingerprint density at radius 1 is 1.45 bits per heavy atom. The van der Waals surface area contributed by atoms with Gasteiger partial charge >= 0.3 is 0 Å². The fourth-order valence-corrected chi connectivity index (χ4v) is 1.93. The number of para-hydroxylation sites is 2. The number of ether oxygens (including phenoxy) is 3. The van der Waals surface area contributed by atoms with Crippen LogP contribution in [0.15, 0.2) is 24.3 Å². The molecule has 110 valence electrons. The van der Waals surface area contributed by atoms with Crippen LogP contribution in [0.5, 0.6) is 11.5 Å². The van der Waals surface area contributed by atoms with Crippen LogP contribution in [0.25, 0.3) is 0 Å². The van der Waals surface area contributed by atoms with E-state index < -0.39 is 5.60 Å². The lowest BCUT2D eigenvalue weighted by molar-refractivity contribution is -0.124. The third-order valence-corrected chi connectivity index (χ3v) is 3.12. The number of carbonyl (C=O) groups excluding carboxylic acids is 1. The number of aliphatic hydroxyl groups is 1. The van der Waals surface area contributed by atoms with E-state index in [4.69, 9.17) is 14.2 Å². The summed E-state index contributed by atoms with van der Waals surface area (Å²) >= 11 is 0. The van der Waals surface area contributed by atoms with E-state index in [9.17, 15) is 9.90 Å². The predicted molar refractivity (Wildman–Crippen MR) is 71.9 cm³/mol. The van der Waals surface area contributed by atoms with Gasteiger partial charge in [-0.2, -0.15) is 0 Å². The van der Waals surface area contributed by atoms with Gasteiger partial charge in [0.1, 0.15) is 5.60 Å². The van der Waals surface area contributed by atoms with Gasteiger partial charge in [-0.05, 0) is 12.1 Å². The Morgan fingerprint density at radius 3 is 2.85 bits per heavy atom. The first-order valence-electron chi connectivity index (χ1n) is 6.46. The molecule has 2 N–H and O–H groups in total. The van der Waals surface area contributed by atoms with Crippen molar-refractivity contribution in [1.29, 1.82) is 0 Å². The first-order valence-corrected chi connectivity index (χ1v) is 6.46. The van der Waals surface area contributed by atoms with E-state index in [1.54, 1.807) is 18.2 Å². The van der Waals surface area contributed by atoms with Crippen molar-refractivity contribution in [2.24, 2.45) is 0 Å². The summed E-state index contributed by atoms with van der Waals surface area (Å²) in [6.45, 7) is 0.809. The summed E-state index contributed by atoms with van der Waals surface area (Å²) in [6, 6.07) is 7.10. The molecule has 1 atom stereocenters. The SMILES string of the molecule is COc1ccccc1OCC(=O)NC[C@@]1(O)CCOC1. The Kier molecular flexibility index (Phi) is 4.81. The summed E-state index contributed by atoms with van der Waals surface area (Å²) in [6.07, 6.45) is 0.528. The second kappa shape index (κ2) is 6.58. The molecule has 1 saturated heterocycles. The lowest BCUT2D eigenvalue weighted by Gasteiger charge is -2.20. The first-order chi connectivity index (χ1) is 9.63. The van der Waals surface area contributed by atoms with Gasteiger partial charge in [-0.15, -0.1) is 0 Å². The lowest BCUT2D eigenvalue weighted by atomic mass is 10.0. The maximum absolute atomic E-state index is 11.7. The monoisotopic (exact) mass is 281 g/mol. The highest BCUT2D eigenvalue weighted by molar-refractivity contribution is 5.77. The van der Waals surface area contributed by atoms with E-state index in [1.807, 2.05) is 6.07 Å². The molecule has 1 amide bonds. The first kappa shape index (κ1) is 14.6. The number of hydrogen-bond acceptors (Lipinski definition) is 5. The Bertz CT molecular complexity index is 457. The second-order valence-corrected chi connectivity index (χ2v) is 4.74. The summed E-state index contributed by atoms with van der Waals surface area (Å²) in [5.74, 6) is 0.785. The smallest absolute Gasteiger partial charge is 0.258 e. The quantitative estimate of drug-likeness (QED) is 0.786. The van der Waals surface area contributed by atoms with Gasteiger partial charge in [-0.3, -0.25) is 4.79 Å². The van der Waals surface area contributed by atoms with Gasteiger partial charge in [0.15, 0.2) is 18.1 Å². The van der Waals surface area contributed by atoms with Crippen molar-refractivity contribution in [3.8, 4) is 11.5 Å². The van der Waals surface area contributed by atoms with Crippen LogP contribution in [0.4, 0.5) is 0 Å². The molecule has 0 radical (unpaired) electrons. The average molecular weight is 281 g/mol. The van der Waals surface area contributed by atoms with Crippen LogP contribution in [0, 0.1) is 0 Å². The zero-order valence-electron chi connectivity index (χ0n) is 11.4. The van der Waals surface area contributed by atoms with E-state index in [-0.39, 0.29) is 25.7 Å². The predicted octanol–water partition coefficient (Wildman–Crippen LogP) is 0.342. The van der Waals surface area contributed by atoms with Crippen molar-refractivity contribution in [2.75, 3.05) is 33.5 Å². The van der Waals surface area contributed by atoms with Gasteiger partial charge in [-0.1, -0.05) is 12.1 Å². The minimum absolute atomic E-state index is 0.128. The Morgan fingerprint density at radius 2 is 2.20 bits per heavy atom. The van der Waals surface area contributed by atoms with Gasteiger partial charge < -0.3 is 24.6 Å². The molecule has 1 heterocycles. The van der Waals surface area contributed by atoms with Crippen LogP contribution in [-0.4, -0.2) is 50.1 Å². The van der Waals surface area contributed by atoms with Crippen LogP contribution >= 0.6 is 0 Å². The number of amides is 1. The van der Waals surface area contributed by atoms with E-state index in [2.05, 4.69) is 5.32 Å². The highest BCUT2D eigenvalue weighted by Gasteiger charge is 2.32. The highest BCUT2D eigenvalue weighted by atomic mass is 16.5. The van der Waals surface area contributed by atoms with Gasteiger partial charge in [0.05, 0.1) is 13.7 Å². The molecule has 1 aromatic carbocycles. The molecular formula is C14H19NO5. The van der Waals surface area contributed by atoms with Crippen molar-refractivity contribution >= 4 is 5.91 Å². The van der Waals surface area contributed by atoms with Crippen molar-refractivity contribution < 1.29 is 24.1 Å². The molecule has 0 unspecified atom stereocenters. The number of nitrogens with one attached hydrogen (secondary N) is 1. The van der Waals surface area contributed by atoms with Crippen LogP contribution in [0.3, 0.4) is 0 Å². The molecule has 0 saturated carbocycles. The van der Waals surface area contributed by atoms with Crippen molar-refractivity contribution in [1.82, 2.24) is 5.32 Å². The molecule has 0 aromatic heterocycles. The highest BCUT2D eigenvalue weighted by Crippen LogP contribution is 2.25. The number of benzene rings is 1. The van der Waals surface area contributed by atoms with Crippen LogP contribution in [0.1, 0.15) is 6.42 Å². The topological polar surface area (TPSA) is 77.0 Å². The molecule has 6 nitrogen and oxygen atoms in total. The molecule has 0 aliphatic carbocycles. The van der Waals surface area contributed by atoms with Crippen molar-refractivity contribution in [3.63, 3.8) is 0 Å². The van der Waals surface area contributed by atoms with E-state index in [0.717, 1.165) is 0 Å². The summed E-state index contributed by atoms with van der Waals surface area (Å²) < 4.78 is 15.6. The third-order valence-electron chi connectivity index (χ3n) is 3.12. The Labute approximate surface area is 117 Å². The van der Waals surface area contributed by atoms with Crippen molar-refractivity contribution in [2.45, 2.75) is 12.0 Å². The summed E-state index contributed by atoms with van der Waals surface area (Å²) in [5, 5.41) is 12.6. The maximum Gasteiger partial charge on any atom is 0.258 e. The molecule has 0 bridgehead atoms. The van der Waals surface area contributed by atoms with E-state index in [0.29, 0.717) is 24.5 Å². The lowest BCUT2D eigenvalue weighted by Crippen LogP contribution is -2.44. The Hall–Kier alpha value is -1.79. The third kappa shape index (κ3) is 3.85. The minimum Gasteiger partial charge on any atom is -0.493 e. The summed E-state index contributed by atoms with van der Waals surface area (Å²) in [4.78, 5) is 11.7. The number of rotatable bonds is 6. The van der Waals surface area contributed by atoms with Crippen LogP contribution in [-0.2, 0) is 9.53 Å². The zero-order chi connectivity index (χ0) is 14.4. The molecule has 1 aromatic rings. The zero-order valence-corrected chi connectivity index (χ0v) is 11.4. The van der Waals surface area contributed by atoms with E-state index >= 15 is 0 Å². The standard InChI is InChI=1S/C14H19NO5/c1-18-11-4-2-3-5-12(11)20-8-13(16)15-9-14(17)6-7-19-10-14/h2-5,17H,6-10H2,1H3,(H,15,16)/t14-/m0/s1. The normalized spacial score (nSPS) is 21.5. The molecule has 1 aliphatic heterocycles. The maximum atomic E-state index is 11.7. The average Bonchev–Trinajstić information content (AvgIpc) is 2.90. The second-order valence-electron chi connectivity index (χ2n) is 4.74. The van der Waals surface area contributed by atoms with Crippen LogP contribution < -0.4 is 14.8 Å². The fraction of sp³-hybridized carbons (Fsp3) is 0.500. The molecular weight excluding hydrogens is 262 g/mol. The molecule has 1 fully saturated rings. The largest absolute Gasteiger partial charge is 0.493 e. The molecule has 0 spiro atoms. The number of carbonyl (C=O) groups is 1. The van der Waals surface area contributed by atoms with Crippen molar-refractivity contribution in [3.05, 3.63) is 24.3 Å². The van der Waals surface area contributed by atoms with E-state index in [1.165, 1.54) is 7.11 Å². The van der Waals surface area contributed by atoms with Crippen LogP contribution in [0.2, 0.25) is 0 Å². The summed E-state index contributed by atoms with van der Waals surface area (Å²) in [5.41, 5.74) is -0.958.